The smallest absolute Gasteiger partial charge is 0.216 e. The first-order valence-electron chi connectivity index (χ1n) is 6.49. The van der Waals surface area contributed by atoms with E-state index >= 15 is 0 Å². The fourth-order valence-electron chi connectivity index (χ4n) is 1.93. The van der Waals surface area contributed by atoms with Gasteiger partial charge in [0.2, 0.25) is 4.77 Å². The molecule has 1 N–H and O–H groups in total. The second-order valence-electron chi connectivity index (χ2n) is 4.72. The number of rotatable bonds is 3. The molecule has 0 unspecified atom stereocenters. The Hall–Kier alpha value is -2.05. The Morgan fingerprint density at radius 2 is 1.95 bits per heavy atom. The lowest BCUT2D eigenvalue weighted by Gasteiger charge is -2.01. The Bertz CT molecular complexity index is 837. The maximum absolute atomic E-state index is 5.25. The van der Waals surface area contributed by atoms with Crippen LogP contribution in [0.3, 0.4) is 0 Å². The van der Waals surface area contributed by atoms with E-state index in [1.807, 2.05) is 30.3 Å². The summed E-state index contributed by atoms with van der Waals surface area (Å²) < 4.78 is 2.13. The van der Waals surface area contributed by atoms with Crippen LogP contribution in [0.1, 0.15) is 15.3 Å². The van der Waals surface area contributed by atoms with Gasteiger partial charge in [-0.3, -0.25) is 0 Å². The summed E-state index contributed by atoms with van der Waals surface area (Å²) in [4.78, 5) is 2.34. The molecule has 106 valence electrons. The number of benzene rings is 1. The zero-order chi connectivity index (χ0) is 14.8. The molecule has 0 atom stereocenters. The largest absolute Gasteiger partial charge is 0.250 e. The van der Waals surface area contributed by atoms with Crippen LogP contribution in [0.4, 0.5) is 0 Å². The molecule has 3 aromatic rings. The zero-order valence-electron chi connectivity index (χ0n) is 11.7. The third-order valence-corrected chi connectivity index (χ3v) is 4.22. The van der Waals surface area contributed by atoms with Crippen LogP contribution in [0.2, 0.25) is 0 Å². The van der Waals surface area contributed by atoms with Crippen molar-refractivity contribution in [3.8, 4) is 11.4 Å². The summed E-state index contributed by atoms with van der Waals surface area (Å²) in [7, 11) is 0. The molecule has 0 radical (unpaired) electrons. The number of nitrogens with one attached hydrogen (secondary N) is 1. The maximum atomic E-state index is 5.25. The number of nitrogens with zero attached hydrogens (tertiary/aromatic N) is 3. The van der Waals surface area contributed by atoms with E-state index in [2.05, 4.69) is 35.2 Å². The molecule has 0 saturated carbocycles. The lowest BCUT2D eigenvalue weighted by atomic mass is 10.1. The third kappa shape index (κ3) is 3.01. The minimum Gasteiger partial charge on any atom is -0.250 e. The highest BCUT2D eigenvalue weighted by Crippen LogP contribution is 2.18. The molecule has 21 heavy (non-hydrogen) atoms. The lowest BCUT2D eigenvalue weighted by molar-refractivity contribution is 0.872. The first kappa shape index (κ1) is 13.9. The molecule has 0 fully saturated rings. The van der Waals surface area contributed by atoms with Gasteiger partial charge in [0.15, 0.2) is 5.82 Å². The van der Waals surface area contributed by atoms with Crippen molar-refractivity contribution in [3.63, 3.8) is 0 Å². The Morgan fingerprint density at radius 3 is 2.62 bits per heavy atom. The number of thiophene rings is 1. The molecule has 0 aliphatic carbocycles. The Kier molecular flexibility index (Phi) is 3.81. The highest BCUT2D eigenvalue weighted by molar-refractivity contribution is 7.71. The van der Waals surface area contributed by atoms with Gasteiger partial charge in [-0.15, -0.1) is 11.3 Å². The first-order valence-corrected chi connectivity index (χ1v) is 7.71. The van der Waals surface area contributed by atoms with Crippen molar-refractivity contribution in [1.82, 2.24) is 14.9 Å². The predicted molar refractivity (Wildman–Crippen MR) is 89.6 cm³/mol. The van der Waals surface area contributed by atoms with Crippen molar-refractivity contribution in [3.05, 3.63) is 56.5 Å². The van der Waals surface area contributed by atoms with E-state index < -0.39 is 0 Å². The molecule has 1 aromatic carbocycles. The van der Waals surface area contributed by atoms with Gasteiger partial charge in [-0.2, -0.15) is 14.9 Å². The SMILES string of the molecule is Cc1ccc(-c2n[nH]c(=S)n2/N=C/c2ccc(C)s2)cc1. The third-order valence-electron chi connectivity index (χ3n) is 3.02. The Balaban J connectivity index is 1.99. The van der Waals surface area contributed by atoms with E-state index in [1.165, 1.54) is 10.4 Å². The van der Waals surface area contributed by atoms with E-state index in [1.54, 1.807) is 22.2 Å². The molecule has 0 spiro atoms. The van der Waals surface area contributed by atoms with Crippen molar-refractivity contribution in [2.24, 2.45) is 5.10 Å². The first-order chi connectivity index (χ1) is 10.1. The summed E-state index contributed by atoms with van der Waals surface area (Å²) in [5, 5.41) is 11.5. The van der Waals surface area contributed by atoms with Gasteiger partial charge in [-0.05, 0) is 38.2 Å². The van der Waals surface area contributed by atoms with Gasteiger partial charge in [0, 0.05) is 15.3 Å². The number of hydrogen-bond donors (Lipinski definition) is 1. The summed E-state index contributed by atoms with van der Waals surface area (Å²) in [6.07, 6.45) is 1.81. The molecule has 3 rings (SSSR count). The molecule has 0 bridgehead atoms. The van der Waals surface area contributed by atoms with Gasteiger partial charge in [0.25, 0.3) is 0 Å². The molecule has 2 aromatic heterocycles. The molecule has 0 aliphatic rings. The van der Waals surface area contributed by atoms with Crippen LogP contribution >= 0.6 is 23.6 Å². The van der Waals surface area contributed by atoms with Gasteiger partial charge in [0.05, 0.1) is 6.21 Å². The Morgan fingerprint density at radius 1 is 1.19 bits per heavy atom. The van der Waals surface area contributed by atoms with Gasteiger partial charge < -0.3 is 0 Å². The van der Waals surface area contributed by atoms with Crippen LogP contribution in [0, 0.1) is 18.6 Å². The van der Waals surface area contributed by atoms with Gasteiger partial charge in [0.1, 0.15) is 0 Å². The summed E-state index contributed by atoms with van der Waals surface area (Å²) in [6.45, 7) is 4.13. The van der Waals surface area contributed by atoms with Gasteiger partial charge in [-0.1, -0.05) is 29.8 Å². The van der Waals surface area contributed by atoms with Crippen LogP contribution in [0.25, 0.3) is 11.4 Å². The van der Waals surface area contributed by atoms with Crippen molar-refractivity contribution < 1.29 is 0 Å². The van der Waals surface area contributed by atoms with Crippen LogP contribution in [-0.2, 0) is 0 Å². The van der Waals surface area contributed by atoms with Crippen molar-refractivity contribution in [1.29, 1.82) is 0 Å². The predicted octanol–water partition coefficient (Wildman–Crippen LogP) is 4.17. The fourth-order valence-corrected chi connectivity index (χ4v) is 2.85. The number of aromatic nitrogens is 3. The van der Waals surface area contributed by atoms with E-state index in [9.17, 15) is 0 Å². The van der Waals surface area contributed by atoms with E-state index in [-0.39, 0.29) is 0 Å². The van der Waals surface area contributed by atoms with Crippen molar-refractivity contribution in [2.45, 2.75) is 13.8 Å². The maximum Gasteiger partial charge on any atom is 0.216 e. The minimum atomic E-state index is 0.482. The second kappa shape index (κ2) is 5.75. The lowest BCUT2D eigenvalue weighted by Crippen LogP contribution is -1.94. The molecule has 0 amide bonds. The standard InChI is InChI=1S/C15H14N4S2/c1-10-3-6-12(7-4-10)14-17-18-15(20)19(14)16-9-13-8-5-11(2)21-13/h3-9H,1-2H3,(H,18,20)/b16-9+. The minimum absolute atomic E-state index is 0.482. The van der Waals surface area contributed by atoms with Gasteiger partial charge in [-0.25, -0.2) is 5.10 Å². The van der Waals surface area contributed by atoms with Gasteiger partial charge >= 0.3 is 0 Å². The van der Waals surface area contributed by atoms with Crippen molar-refractivity contribution in [2.75, 3.05) is 0 Å². The molecule has 4 nitrogen and oxygen atoms in total. The summed E-state index contributed by atoms with van der Waals surface area (Å²) in [5.41, 5.74) is 2.18. The van der Waals surface area contributed by atoms with Crippen LogP contribution < -0.4 is 0 Å². The number of hydrogen-bond acceptors (Lipinski definition) is 4. The highest BCUT2D eigenvalue weighted by atomic mass is 32.1. The van der Waals surface area contributed by atoms with E-state index in [0.29, 0.717) is 10.6 Å². The van der Waals surface area contributed by atoms with Crippen LogP contribution in [0.15, 0.2) is 41.5 Å². The molecular formula is C15H14N4S2. The van der Waals surface area contributed by atoms with Crippen LogP contribution in [-0.4, -0.2) is 21.1 Å². The Labute approximate surface area is 131 Å². The van der Waals surface area contributed by atoms with Crippen LogP contribution in [0.5, 0.6) is 0 Å². The number of H-pyrrole nitrogens is 1. The average molecular weight is 314 g/mol. The number of aryl methyl sites for hydroxylation is 2. The summed E-state index contributed by atoms with van der Waals surface area (Å²) >= 11 is 6.95. The summed E-state index contributed by atoms with van der Waals surface area (Å²) in [5.74, 6) is 0.713. The molecule has 6 heteroatoms. The topological polar surface area (TPSA) is 46.0 Å². The molecule has 2 heterocycles. The monoisotopic (exact) mass is 314 g/mol. The summed E-state index contributed by atoms with van der Waals surface area (Å²) in [6, 6.07) is 12.2. The second-order valence-corrected chi connectivity index (χ2v) is 6.43. The molecule has 0 aliphatic heterocycles. The van der Waals surface area contributed by atoms with Crippen molar-refractivity contribution >= 4 is 29.8 Å². The van der Waals surface area contributed by atoms with E-state index in [4.69, 9.17) is 12.2 Å². The zero-order valence-corrected chi connectivity index (χ0v) is 13.3. The molecular weight excluding hydrogens is 300 g/mol. The normalized spacial score (nSPS) is 11.3. The highest BCUT2D eigenvalue weighted by Gasteiger charge is 2.07. The fraction of sp³-hybridized carbons (Fsp3) is 0.133. The quantitative estimate of drug-likeness (QED) is 0.582. The average Bonchev–Trinajstić information content (AvgIpc) is 3.04. The molecule has 0 saturated heterocycles. The van der Waals surface area contributed by atoms with E-state index in [0.717, 1.165) is 10.4 Å². The number of aromatic amines is 1.